The second-order valence-electron chi connectivity index (χ2n) is 6.01. The number of H-pyrrole nitrogens is 1. The van der Waals surface area contributed by atoms with Crippen LogP contribution in [0, 0.1) is 6.92 Å². The van der Waals surface area contributed by atoms with Crippen LogP contribution < -0.4 is 0 Å². The minimum atomic E-state index is -2.74. The van der Waals surface area contributed by atoms with Gasteiger partial charge in [-0.3, -0.25) is 4.79 Å². The van der Waals surface area contributed by atoms with Crippen molar-refractivity contribution in [3.8, 4) is 0 Å². The highest BCUT2D eigenvalue weighted by Gasteiger charge is 2.26. The fraction of sp³-hybridized carbons (Fsp3) is 0.294. The molecule has 24 heavy (non-hydrogen) atoms. The fourth-order valence-corrected chi connectivity index (χ4v) is 3.28. The Morgan fingerprint density at radius 2 is 2.17 bits per heavy atom. The van der Waals surface area contributed by atoms with Gasteiger partial charge in [-0.25, -0.2) is 4.68 Å². The van der Waals surface area contributed by atoms with E-state index in [1.165, 1.54) is 6.07 Å². The minimum absolute atomic E-state index is 0.0507. The Kier molecular flexibility index (Phi) is 3.37. The van der Waals surface area contributed by atoms with Crippen LogP contribution in [-0.4, -0.2) is 32.1 Å². The first-order valence-corrected chi connectivity index (χ1v) is 7.76. The number of hydrogen-bond acceptors (Lipinski definition) is 2. The lowest BCUT2D eigenvalue weighted by molar-refractivity contribution is 0.0549. The Morgan fingerprint density at radius 1 is 1.33 bits per heavy atom. The predicted molar refractivity (Wildman–Crippen MR) is 85.0 cm³/mol. The van der Waals surface area contributed by atoms with Crippen molar-refractivity contribution in [1.82, 2.24) is 19.7 Å². The topological polar surface area (TPSA) is 53.9 Å². The molecular weight excluding hydrogens is 314 g/mol. The summed E-state index contributed by atoms with van der Waals surface area (Å²) in [5.41, 5.74) is 4.55. The summed E-state index contributed by atoms with van der Waals surface area (Å²) in [5, 5.41) is 4.78. The number of hydrogen-bond donors (Lipinski definition) is 1. The van der Waals surface area contributed by atoms with Crippen LogP contribution in [0.1, 0.15) is 33.9 Å². The van der Waals surface area contributed by atoms with Gasteiger partial charge in [-0.2, -0.15) is 13.9 Å². The SMILES string of the molecule is Cc1cccc2c3c([nH]c12)CCN(C(=O)c1ccn(C(F)F)n1)C3. The van der Waals surface area contributed by atoms with Crippen LogP contribution in [-0.2, 0) is 13.0 Å². The Hall–Kier alpha value is -2.70. The van der Waals surface area contributed by atoms with Crippen molar-refractivity contribution in [3.63, 3.8) is 0 Å². The molecule has 0 radical (unpaired) electrons. The molecule has 4 rings (SSSR count). The summed E-state index contributed by atoms with van der Waals surface area (Å²) in [4.78, 5) is 17.7. The molecule has 0 atom stereocenters. The molecule has 0 unspecified atom stereocenters. The summed E-state index contributed by atoms with van der Waals surface area (Å²) in [7, 11) is 0. The number of para-hydroxylation sites is 1. The van der Waals surface area contributed by atoms with Crippen molar-refractivity contribution in [3.05, 3.63) is 53.0 Å². The lowest BCUT2D eigenvalue weighted by Crippen LogP contribution is -2.36. The summed E-state index contributed by atoms with van der Waals surface area (Å²) >= 11 is 0. The number of fused-ring (bicyclic) bond motifs is 3. The lowest BCUT2D eigenvalue weighted by Gasteiger charge is -2.26. The Labute approximate surface area is 136 Å². The number of aryl methyl sites for hydroxylation is 1. The summed E-state index contributed by atoms with van der Waals surface area (Å²) in [6.45, 7) is 0.305. The van der Waals surface area contributed by atoms with Crippen molar-refractivity contribution in [2.45, 2.75) is 26.4 Å². The molecule has 0 bridgehead atoms. The molecule has 2 aromatic heterocycles. The van der Waals surface area contributed by atoms with E-state index in [0.29, 0.717) is 24.2 Å². The number of nitrogens with zero attached hydrogens (tertiary/aromatic N) is 3. The monoisotopic (exact) mass is 330 g/mol. The van der Waals surface area contributed by atoms with Crippen molar-refractivity contribution in [1.29, 1.82) is 0 Å². The maximum atomic E-state index is 12.6. The van der Waals surface area contributed by atoms with E-state index >= 15 is 0 Å². The fourth-order valence-electron chi connectivity index (χ4n) is 3.28. The first-order chi connectivity index (χ1) is 11.5. The van der Waals surface area contributed by atoms with E-state index in [9.17, 15) is 13.6 Å². The van der Waals surface area contributed by atoms with Crippen LogP contribution in [0.2, 0.25) is 0 Å². The largest absolute Gasteiger partial charge is 0.358 e. The quantitative estimate of drug-likeness (QED) is 0.784. The predicted octanol–water partition coefficient (Wildman–Crippen LogP) is 3.27. The van der Waals surface area contributed by atoms with E-state index in [0.717, 1.165) is 33.9 Å². The Bertz CT molecular complexity index is 928. The third-order valence-electron chi connectivity index (χ3n) is 4.53. The number of halogens is 2. The number of rotatable bonds is 2. The van der Waals surface area contributed by atoms with E-state index in [2.05, 4.69) is 10.1 Å². The number of aromatic amines is 1. The standard InChI is InChI=1S/C17H16F2N4O/c1-10-3-2-4-11-12-9-22(7-5-13(12)20-15(10)11)16(24)14-6-8-23(21-14)17(18)19/h2-4,6,8,17,20H,5,7,9H2,1H3. The number of nitrogens with one attached hydrogen (secondary N) is 1. The molecule has 0 fully saturated rings. The van der Waals surface area contributed by atoms with Gasteiger partial charge in [0.25, 0.3) is 5.91 Å². The number of alkyl halides is 2. The van der Waals surface area contributed by atoms with Gasteiger partial charge in [-0.05, 0) is 18.6 Å². The van der Waals surface area contributed by atoms with Gasteiger partial charge in [-0.15, -0.1) is 0 Å². The highest BCUT2D eigenvalue weighted by atomic mass is 19.3. The van der Waals surface area contributed by atoms with Crippen LogP contribution in [0.15, 0.2) is 30.5 Å². The van der Waals surface area contributed by atoms with Crippen LogP contribution in [0.5, 0.6) is 0 Å². The molecule has 5 nitrogen and oxygen atoms in total. The van der Waals surface area contributed by atoms with Gasteiger partial charge in [0, 0.05) is 47.9 Å². The summed E-state index contributed by atoms with van der Waals surface area (Å²) in [6.07, 6.45) is 1.84. The summed E-state index contributed by atoms with van der Waals surface area (Å²) in [5.74, 6) is -0.318. The number of amides is 1. The molecule has 3 aromatic rings. The first kappa shape index (κ1) is 14.9. The van der Waals surface area contributed by atoms with Gasteiger partial charge in [0.15, 0.2) is 5.69 Å². The molecule has 0 saturated carbocycles. The van der Waals surface area contributed by atoms with Gasteiger partial charge in [-0.1, -0.05) is 18.2 Å². The number of aromatic nitrogens is 3. The van der Waals surface area contributed by atoms with Crippen LogP contribution in [0.4, 0.5) is 8.78 Å². The van der Waals surface area contributed by atoms with E-state index < -0.39 is 6.55 Å². The smallest absolute Gasteiger partial charge is 0.333 e. The molecule has 0 spiro atoms. The minimum Gasteiger partial charge on any atom is -0.358 e. The maximum absolute atomic E-state index is 12.6. The maximum Gasteiger partial charge on any atom is 0.333 e. The average molecular weight is 330 g/mol. The molecule has 3 heterocycles. The van der Waals surface area contributed by atoms with Gasteiger partial charge >= 0.3 is 6.55 Å². The number of benzene rings is 1. The van der Waals surface area contributed by atoms with Gasteiger partial charge in [0.2, 0.25) is 0 Å². The molecule has 1 aromatic carbocycles. The molecule has 0 aliphatic carbocycles. The van der Waals surface area contributed by atoms with Gasteiger partial charge in [0.05, 0.1) is 0 Å². The van der Waals surface area contributed by atoms with E-state index in [-0.39, 0.29) is 11.6 Å². The summed E-state index contributed by atoms with van der Waals surface area (Å²) in [6, 6.07) is 7.42. The average Bonchev–Trinajstić information content (AvgIpc) is 3.19. The third-order valence-corrected chi connectivity index (χ3v) is 4.53. The number of carbonyl (C=O) groups is 1. The zero-order valence-corrected chi connectivity index (χ0v) is 13.1. The van der Waals surface area contributed by atoms with E-state index in [4.69, 9.17) is 0 Å². The molecule has 1 amide bonds. The second kappa shape index (κ2) is 5.43. The van der Waals surface area contributed by atoms with Crippen LogP contribution >= 0.6 is 0 Å². The molecule has 1 aliphatic rings. The van der Waals surface area contributed by atoms with Gasteiger partial charge < -0.3 is 9.88 Å². The lowest BCUT2D eigenvalue weighted by atomic mass is 10.0. The van der Waals surface area contributed by atoms with Crippen LogP contribution in [0.25, 0.3) is 10.9 Å². The van der Waals surface area contributed by atoms with Crippen molar-refractivity contribution < 1.29 is 13.6 Å². The highest BCUT2D eigenvalue weighted by Crippen LogP contribution is 2.29. The molecule has 0 saturated heterocycles. The Morgan fingerprint density at radius 3 is 2.92 bits per heavy atom. The molecule has 124 valence electrons. The van der Waals surface area contributed by atoms with Crippen molar-refractivity contribution in [2.24, 2.45) is 0 Å². The summed E-state index contributed by atoms with van der Waals surface area (Å²) < 4.78 is 25.7. The molecule has 7 heteroatoms. The molecule has 1 aliphatic heterocycles. The Balaban J connectivity index is 1.64. The zero-order chi connectivity index (χ0) is 16.8. The van der Waals surface area contributed by atoms with E-state index in [1.807, 2.05) is 25.1 Å². The van der Waals surface area contributed by atoms with E-state index in [1.54, 1.807) is 4.90 Å². The normalized spacial score (nSPS) is 14.4. The first-order valence-electron chi connectivity index (χ1n) is 7.76. The highest BCUT2D eigenvalue weighted by molar-refractivity contribution is 5.93. The molecule has 1 N–H and O–H groups in total. The second-order valence-corrected chi connectivity index (χ2v) is 6.01. The number of carbonyl (C=O) groups excluding carboxylic acids is 1. The van der Waals surface area contributed by atoms with Crippen LogP contribution in [0.3, 0.4) is 0 Å². The van der Waals surface area contributed by atoms with Gasteiger partial charge in [0.1, 0.15) is 0 Å². The zero-order valence-electron chi connectivity index (χ0n) is 13.1. The molecular formula is C17H16F2N4O. The van der Waals surface area contributed by atoms with Crippen molar-refractivity contribution >= 4 is 16.8 Å². The van der Waals surface area contributed by atoms with Crippen molar-refractivity contribution in [2.75, 3.05) is 6.54 Å². The third kappa shape index (κ3) is 2.28.